The Bertz CT molecular complexity index is 1400. The van der Waals surface area contributed by atoms with Crippen LogP contribution in [-0.4, -0.2) is 52.6 Å². The lowest BCUT2D eigenvalue weighted by molar-refractivity contribution is 0.270. The van der Waals surface area contributed by atoms with Crippen LogP contribution in [0.4, 0.5) is 29.2 Å². The topological polar surface area (TPSA) is 69.2 Å². The molecule has 1 fully saturated rings. The van der Waals surface area contributed by atoms with Gasteiger partial charge < -0.3 is 20.4 Å². The van der Waals surface area contributed by atoms with Gasteiger partial charge in [0.25, 0.3) is 0 Å². The van der Waals surface area contributed by atoms with E-state index in [-0.39, 0.29) is 0 Å². The molecule has 0 saturated carbocycles. The maximum absolute atomic E-state index is 4.85. The maximum atomic E-state index is 4.85. The molecule has 36 heavy (non-hydrogen) atoms. The van der Waals surface area contributed by atoms with Gasteiger partial charge in [0.2, 0.25) is 17.8 Å². The molecule has 0 radical (unpaired) electrons. The SMILES string of the molecule is CCN1CCN(c2nc(Nc3cccc4ccccc34)nc(Nc3cccc4ccccc34)n2)CC1. The monoisotopic (exact) mass is 475 g/mol. The molecular weight excluding hydrogens is 446 g/mol. The Kier molecular flexibility index (Phi) is 6.05. The second-order valence-corrected chi connectivity index (χ2v) is 9.01. The Hall–Kier alpha value is -4.23. The molecule has 1 saturated heterocycles. The van der Waals surface area contributed by atoms with Crippen LogP contribution in [0.3, 0.4) is 0 Å². The van der Waals surface area contributed by atoms with Gasteiger partial charge in [0, 0.05) is 48.3 Å². The van der Waals surface area contributed by atoms with Crippen LogP contribution in [-0.2, 0) is 0 Å². The number of piperazine rings is 1. The van der Waals surface area contributed by atoms with Crippen molar-refractivity contribution in [1.29, 1.82) is 0 Å². The summed E-state index contributed by atoms with van der Waals surface area (Å²) in [6, 6.07) is 29.1. The standard InChI is InChI=1S/C29H29N7/c1-2-35-17-19-36(20-18-35)29-33-27(30-25-15-7-11-21-9-3-5-13-23(21)25)32-28(34-29)31-26-16-8-12-22-10-4-6-14-24(22)26/h3-16H,2,17-20H2,1H3,(H2,30,31,32,33,34). The average molecular weight is 476 g/mol. The summed E-state index contributed by atoms with van der Waals surface area (Å²) in [6.45, 7) is 7.04. The summed E-state index contributed by atoms with van der Waals surface area (Å²) in [5.74, 6) is 1.74. The first-order chi connectivity index (χ1) is 17.8. The third-order valence-corrected chi connectivity index (χ3v) is 6.80. The number of aromatic nitrogens is 3. The van der Waals surface area contributed by atoms with Crippen molar-refractivity contribution in [2.24, 2.45) is 0 Å². The number of anilines is 5. The Balaban J connectivity index is 1.38. The molecule has 0 atom stereocenters. The Morgan fingerprint density at radius 2 is 1.11 bits per heavy atom. The quantitative estimate of drug-likeness (QED) is 0.321. The number of likely N-dealkylation sites (N-methyl/N-ethyl adjacent to an activating group) is 1. The maximum Gasteiger partial charge on any atom is 0.233 e. The number of nitrogens with zero attached hydrogens (tertiary/aromatic N) is 5. The fraction of sp³-hybridized carbons (Fsp3) is 0.207. The Labute approximate surface area is 210 Å². The van der Waals surface area contributed by atoms with E-state index in [0.29, 0.717) is 17.8 Å². The number of benzene rings is 4. The summed E-state index contributed by atoms with van der Waals surface area (Å²) < 4.78 is 0. The van der Waals surface area contributed by atoms with Crippen LogP contribution in [0, 0.1) is 0 Å². The normalized spacial score (nSPS) is 14.3. The van der Waals surface area contributed by atoms with Gasteiger partial charge in [-0.15, -0.1) is 0 Å². The number of rotatable bonds is 6. The molecular formula is C29H29N7. The summed E-state index contributed by atoms with van der Waals surface area (Å²) in [6.07, 6.45) is 0. The summed E-state index contributed by atoms with van der Waals surface area (Å²) in [4.78, 5) is 19.2. The van der Waals surface area contributed by atoms with E-state index in [9.17, 15) is 0 Å². The molecule has 1 aromatic heterocycles. The first kappa shape index (κ1) is 22.2. The number of fused-ring (bicyclic) bond motifs is 2. The highest BCUT2D eigenvalue weighted by molar-refractivity contribution is 5.96. The fourth-order valence-corrected chi connectivity index (χ4v) is 4.79. The Morgan fingerprint density at radius 3 is 1.64 bits per heavy atom. The highest BCUT2D eigenvalue weighted by Gasteiger charge is 2.20. The van der Waals surface area contributed by atoms with Crippen molar-refractivity contribution in [1.82, 2.24) is 19.9 Å². The van der Waals surface area contributed by atoms with Crippen molar-refractivity contribution < 1.29 is 0 Å². The molecule has 5 aromatic rings. The second-order valence-electron chi connectivity index (χ2n) is 9.01. The highest BCUT2D eigenvalue weighted by Crippen LogP contribution is 2.29. The van der Waals surface area contributed by atoms with E-state index >= 15 is 0 Å². The van der Waals surface area contributed by atoms with Crippen molar-refractivity contribution in [2.75, 3.05) is 48.3 Å². The minimum Gasteiger partial charge on any atom is -0.338 e. The van der Waals surface area contributed by atoms with Crippen LogP contribution in [0.15, 0.2) is 84.9 Å². The van der Waals surface area contributed by atoms with E-state index < -0.39 is 0 Å². The van der Waals surface area contributed by atoms with Crippen molar-refractivity contribution in [3.8, 4) is 0 Å². The van der Waals surface area contributed by atoms with Crippen molar-refractivity contribution in [3.05, 3.63) is 84.9 Å². The van der Waals surface area contributed by atoms with E-state index in [0.717, 1.165) is 54.9 Å². The summed E-state index contributed by atoms with van der Waals surface area (Å²) in [5, 5.41) is 11.5. The van der Waals surface area contributed by atoms with Crippen LogP contribution in [0.2, 0.25) is 0 Å². The second kappa shape index (κ2) is 9.79. The Morgan fingerprint density at radius 1 is 0.611 bits per heavy atom. The van der Waals surface area contributed by atoms with E-state index in [4.69, 9.17) is 15.0 Å². The first-order valence-corrected chi connectivity index (χ1v) is 12.5. The summed E-state index contributed by atoms with van der Waals surface area (Å²) in [5.41, 5.74) is 1.94. The largest absolute Gasteiger partial charge is 0.338 e. The van der Waals surface area contributed by atoms with Gasteiger partial charge in [-0.1, -0.05) is 79.7 Å². The molecule has 2 N–H and O–H groups in total. The van der Waals surface area contributed by atoms with Crippen LogP contribution in [0.25, 0.3) is 21.5 Å². The van der Waals surface area contributed by atoms with Gasteiger partial charge >= 0.3 is 0 Å². The van der Waals surface area contributed by atoms with E-state index in [1.165, 1.54) is 10.8 Å². The molecule has 7 nitrogen and oxygen atoms in total. The molecule has 1 aliphatic rings. The molecule has 2 heterocycles. The lowest BCUT2D eigenvalue weighted by Gasteiger charge is -2.34. The lowest BCUT2D eigenvalue weighted by atomic mass is 10.1. The van der Waals surface area contributed by atoms with Gasteiger partial charge in [0.15, 0.2) is 0 Å². The van der Waals surface area contributed by atoms with Crippen molar-refractivity contribution in [3.63, 3.8) is 0 Å². The van der Waals surface area contributed by atoms with Gasteiger partial charge in [0.1, 0.15) is 0 Å². The molecule has 1 aliphatic heterocycles. The fourth-order valence-electron chi connectivity index (χ4n) is 4.79. The van der Waals surface area contributed by atoms with Crippen molar-refractivity contribution >= 4 is 50.8 Å². The minimum atomic E-state index is 0.525. The highest BCUT2D eigenvalue weighted by atomic mass is 15.4. The zero-order valence-electron chi connectivity index (χ0n) is 20.4. The van der Waals surface area contributed by atoms with Crippen LogP contribution in [0.1, 0.15) is 6.92 Å². The molecule has 0 aliphatic carbocycles. The number of hydrogen-bond donors (Lipinski definition) is 2. The predicted molar refractivity (Wildman–Crippen MR) is 149 cm³/mol. The predicted octanol–water partition coefficient (Wildman–Crippen LogP) is 5.81. The molecule has 6 rings (SSSR count). The number of nitrogens with one attached hydrogen (secondary N) is 2. The summed E-state index contributed by atoms with van der Waals surface area (Å²) in [7, 11) is 0. The zero-order chi connectivity index (χ0) is 24.3. The third-order valence-electron chi connectivity index (χ3n) is 6.80. The number of hydrogen-bond acceptors (Lipinski definition) is 7. The van der Waals surface area contributed by atoms with Crippen LogP contribution < -0.4 is 15.5 Å². The van der Waals surface area contributed by atoms with E-state index in [2.05, 4.69) is 88.0 Å². The molecule has 4 aromatic carbocycles. The molecule has 0 amide bonds. The molecule has 180 valence electrons. The van der Waals surface area contributed by atoms with Gasteiger partial charge in [-0.25, -0.2) is 0 Å². The van der Waals surface area contributed by atoms with Gasteiger partial charge in [-0.3, -0.25) is 0 Å². The first-order valence-electron chi connectivity index (χ1n) is 12.5. The van der Waals surface area contributed by atoms with Gasteiger partial charge in [0.05, 0.1) is 0 Å². The van der Waals surface area contributed by atoms with Crippen LogP contribution in [0.5, 0.6) is 0 Å². The van der Waals surface area contributed by atoms with Gasteiger partial charge in [-0.2, -0.15) is 15.0 Å². The molecule has 0 bridgehead atoms. The minimum absolute atomic E-state index is 0.525. The van der Waals surface area contributed by atoms with Crippen molar-refractivity contribution in [2.45, 2.75) is 6.92 Å². The molecule has 0 unspecified atom stereocenters. The van der Waals surface area contributed by atoms with Crippen LogP contribution >= 0.6 is 0 Å². The average Bonchev–Trinajstić information content (AvgIpc) is 2.93. The van der Waals surface area contributed by atoms with E-state index in [1.54, 1.807) is 0 Å². The summed E-state index contributed by atoms with van der Waals surface area (Å²) >= 11 is 0. The van der Waals surface area contributed by atoms with E-state index in [1.807, 2.05) is 24.3 Å². The smallest absolute Gasteiger partial charge is 0.233 e. The molecule has 0 spiro atoms. The lowest BCUT2D eigenvalue weighted by Crippen LogP contribution is -2.46. The molecule has 7 heteroatoms. The van der Waals surface area contributed by atoms with Gasteiger partial charge in [-0.05, 0) is 29.4 Å². The third kappa shape index (κ3) is 4.53. The zero-order valence-corrected chi connectivity index (χ0v) is 20.4.